The summed E-state index contributed by atoms with van der Waals surface area (Å²) >= 11 is 0. The molecule has 1 aliphatic heterocycles. The Bertz CT molecular complexity index is 356. The molecule has 2 aliphatic rings. The largest absolute Gasteiger partial charge is 0.309 e. The minimum atomic E-state index is 0.882. The van der Waals surface area contributed by atoms with Crippen molar-refractivity contribution in [3.05, 3.63) is 11.6 Å². The highest BCUT2D eigenvalue weighted by molar-refractivity contribution is 5.07. The predicted molar refractivity (Wildman–Crippen MR) is 101 cm³/mol. The highest BCUT2D eigenvalue weighted by atomic mass is 15.2. The number of allylic oxidation sites excluding steroid dienone is 1. The molecule has 1 aliphatic carbocycles. The van der Waals surface area contributed by atoms with E-state index in [1.807, 2.05) is 0 Å². The van der Waals surface area contributed by atoms with Crippen molar-refractivity contribution in [2.75, 3.05) is 60.4 Å². The van der Waals surface area contributed by atoms with Gasteiger partial charge in [-0.3, -0.25) is 0 Å². The van der Waals surface area contributed by atoms with Crippen molar-refractivity contribution < 1.29 is 0 Å². The molecular formula is C20H39N3. The summed E-state index contributed by atoms with van der Waals surface area (Å²) in [5, 5.41) is 0. The fourth-order valence-electron chi connectivity index (χ4n) is 3.90. The predicted octanol–water partition coefficient (Wildman–Crippen LogP) is 3.33. The molecule has 1 heterocycles. The minimum Gasteiger partial charge on any atom is -0.309 e. The third kappa shape index (κ3) is 7.36. The lowest BCUT2D eigenvalue weighted by Gasteiger charge is -2.31. The number of likely N-dealkylation sites (N-methyl/N-ethyl adjacent to an activating group) is 1. The van der Waals surface area contributed by atoms with Crippen LogP contribution in [0.15, 0.2) is 11.6 Å². The Hall–Kier alpha value is -0.380. The molecule has 0 radical (unpaired) electrons. The van der Waals surface area contributed by atoms with Crippen LogP contribution in [-0.4, -0.2) is 75.1 Å². The summed E-state index contributed by atoms with van der Waals surface area (Å²) in [5.74, 6) is 1.83. The first-order valence-electron chi connectivity index (χ1n) is 9.76. The van der Waals surface area contributed by atoms with Gasteiger partial charge in [-0.1, -0.05) is 18.6 Å². The van der Waals surface area contributed by atoms with Crippen LogP contribution in [0.4, 0.5) is 0 Å². The Morgan fingerprint density at radius 3 is 2.43 bits per heavy atom. The van der Waals surface area contributed by atoms with Crippen molar-refractivity contribution in [1.82, 2.24) is 14.7 Å². The van der Waals surface area contributed by atoms with Gasteiger partial charge in [-0.25, -0.2) is 0 Å². The molecule has 0 N–H and O–H groups in total. The summed E-state index contributed by atoms with van der Waals surface area (Å²) in [4.78, 5) is 7.52. The monoisotopic (exact) mass is 321 g/mol. The Labute approximate surface area is 144 Å². The zero-order chi connectivity index (χ0) is 16.7. The van der Waals surface area contributed by atoms with Crippen LogP contribution in [0.1, 0.15) is 45.4 Å². The van der Waals surface area contributed by atoms with E-state index in [0.29, 0.717) is 0 Å². The molecular weight excluding hydrogens is 282 g/mol. The third-order valence-corrected chi connectivity index (χ3v) is 5.73. The van der Waals surface area contributed by atoms with Gasteiger partial charge in [0.05, 0.1) is 0 Å². The Morgan fingerprint density at radius 1 is 1.09 bits per heavy atom. The number of likely N-dealkylation sites (tertiary alicyclic amines) is 1. The van der Waals surface area contributed by atoms with Gasteiger partial charge in [-0.2, -0.15) is 0 Å². The number of piperidine rings is 1. The summed E-state index contributed by atoms with van der Waals surface area (Å²) in [6.07, 6.45) is 10.6. The van der Waals surface area contributed by atoms with Gasteiger partial charge in [0.25, 0.3) is 0 Å². The quantitative estimate of drug-likeness (QED) is 0.635. The van der Waals surface area contributed by atoms with E-state index in [-0.39, 0.29) is 0 Å². The van der Waals surface area contributed by atoms with Gasteiger partial charge in [0.15, 0.2) is 0 Å². The normalized spacial score (nSPS) is 24.4. The number of hydrogen-bond acceptors (Lipinski definition) is 3. The second kappa shape index (κ2) is 9.80. The van der Waals surface area contributed by atoms with Crippen LogP contribution in [0.25, 0.3) is 0 Å². The third-order valence-electron chi connectivity index (χ3n) is 5.73. The van der Waals surface area contributed by atoms with Crippen molar-refractivity contribution in [2.24, 2.45) is 11.8 Å². The molecule has 1 unspecified atom stereocenters. The van der Waals surface area contributed by atoms with E-state index in [4.69, 9.17) is 0 Å². The van der Waals surface area contributed by atoms with E-state index >= 15 is 0 Å². The van der Waals surface area contributed by atoms with Crippen LogP contribution in [0.5, 0.6) is 0 Å². The molecule has 0 aromatic carbocycles. The Kier molecular flexibility index (Phi) is 8.08. The highest BCUT2D eigenvalue weighted by Crippen LogP contribution is 2.25. The van der Waals surface area contributed by atoms with Crippen LogP contribution in [0.2, 0.25) is 0 Å². The Balaban J connectivity index is 1.57. The second-order valence-electron chi connectivity index (χ2n) is 8.34. The molecule has 1 saturated heterocycles. The maximum absolute atomic E-state index is 2.65. The number of rotatable bonds is 8. The molecule has 134 valence electrons. The molecule has 2 rings (SSSR count). The summed E-state index contributed by atoms with van der Waals surface area (Å²) in [6, 6.07) is 0. The Morgan fingerprint density at radius 2 is 1.83 bits per heavy atom. The van der Waals surface area contributed by atoms with E-state index in [1.54, 1.807) is 5.57 Å². The van der Waals surface area contributed by atoms with Crippen molar-refractivity contribution in [3.8, 4) is 0 Å². The van der Waals surface area contributed by atoms with Gasteiger partial charge >= 0.3 is 0 Å². The summed E-state index contributed by atoms with van der Waals surface area (Å²) in [6.45, 7) is 9.98. The van der Waals surface area contributed by atoms with Gasteiger partial charge in [-0.05, 0) is 84.6 Å². The molecule has 0 aromatic rings. The average Bonchev–Trinajstić information content (AvgIpc) is 2.53. The minimum absolute atomic E-state index is 0.882. The maximum Gasteiger partial charge on any atom is 0.0109 e. The van der Waals surface area contributed by atoms with Gasteiger partial charge in [0.1, 0.15) is 0 Å². The maximum atomic E-state index is 2.65. The molecule has 23 heavy (non-hydrogen) atoms. The molecule has 0 saturated carbocycles. The second-order valence-corrected chi connectivity index (χ2v) is 8.34. The summed E-state index contributed by atoms with van der Waals surface area (Å²) < 4.78 is 0. The number of nitrogens with zero attached hydrogens (tertiary/aromatic N) is 3. The highest BCUT2D eigenvalue weighted by Gasteiger charge is 2.17. The van der Waals surface area contributed by atoms with Crippen LogP contribution in [0.3, 0.4) is 0 Å². The first-order chi connectivity index (χ1) is 11.0. The smallest absolute Gasteiger partial charge is 0.0109 e. The standard InChI is InChI=1S/C20H39N3/c1-18-9-13-23(14-10-18)16-15-22(4)12-11-19-5-7-20(8-6-19)17-21(2)3/h5,18,20H,6-17H2,1-4H3. The molecule has 0 amide bonds. The zero-order valence-corrected chi connectivity index (χ0v) is 16.1. The number of hydrogen-bond donors (Lipinski definition) is 0. The lowest BCUT2D eigenvalue weighted by molar-refractivity contribution is 0.171. The summed E-state index contributed by atoms with van der Waals surface area (Å²) in [7, 11) is 6.68. The molecule has 1 atom stereocenters. The molecule has 0 aromatic heterocycles. The molecule has 3 heteroatoms. The van der Waals surface area contributed by atoms with Crippen LogP contribution in [-0.2, 0) is 0 Å². The van der Waals surface area contributed by atoms with Gasteiger partial charge < -0.3 is 14.7 Å². The SMILES string of the molecule is CC1CCN(CCN(C)CCC2=CCC(CN(C)C)CC2)CC1. The lowest BCUT2D eigenvalue weighted by atomic mass is 9.88. The van der Waals surface area contributed by atoms with E-state index in [1.165, 1.54) is 77.8 Å². The van der Waals surface area contributed by atoms with E-state index < -0.39 is 0 Å². The van der Waals surface area contributed by atoms with Crippen molar-refractivity contribution >= 4 is 0 Å². The molecule has 1 fully saturated rings. The van der Waals surface area contributed by atoms with Crippen molar-refractivity contribution in [1.29, 1.82) is 0 Å². The van der Waals surface area contributed by atoms with E-state index in [2.05, 4.69) is 48.8 Å². The fourth-order valence-corrected chi connectivity index (χ4v) is 3.90. The first-order valence-corrected chi connectivity index (χ1v) is 9.76. The molecule has 0 bridgehead atoms. The van der Waals surface area contributed by atoms with Crippen LogP contribution in [0, 0.1) is 11.8 Å². The zero-order valence-electron chi connectivity index (χ0n) is 16.1. The summed E-state index contributed by atoms with van der Waals surface area (Å²) in [5.41, 5.74) is 1.71. The van der Waals surface area contributed by atoms with Gasteiger partial charge in [-0.15, -0.1) is 0 Å². The van der Waals surface area contributed by atoms with E-state index in [0.717, 1.165) is 11.8 Å². The fraction of sp³-hybridized carbons (Fsp3) is 0.900. The van der Waals surface area contributed by atoms with Crippen LogP contribution < -0.4 is 0 Å². The molecule has 0 spiro atoms. The van der Waals surface area contributed by atoms with Crippen molar-refractivity contribution in [2.45, 2.75) is 45.4 Å². The van der Waals surface area contributed by atoms with E-state index in [9.17, 15) is 0 Å². The van der Waals surface area contributed by atoms with Crippen molar-refractivity contribution in [3.63, 3.8) is 0 Å². The lowest BCUT2D eigenvalue weighted by Crippen LogP contribution is -2.38. The average molecular weight is 322 g/mol. The van der Waals surface area contributed by atoms with Crippen LogP contribution >= 0.6 is 0 Å². The molecule has 3 nitrogen and oxygen atoms in total. The van der Waals surface area contributed by atoms with Gasteiger partial charge in [0.2, 0.25) is 0 Å². The first kappa shape index (κ1) is 19.0. The van der Waals surface area contributed by atoms with Gasteiger partial charge in [0, 0.05) is 26.2 Å². The topological polar surface area (TPSA) is 9.72 Å².